The fraction of sp³-hybridized carbons (Fsp3) is 0.417. The number of alkyl halides is 3. The van der Waals surface area contributed by atoms with Gasteiger partial charge in [-0.15, -0.1) is 0 Å². The second kappa shape index (κ2) is 4.48. The number of amides is 1. The van der Waals surface area contributed by atoms with Crippen molar-refractivity contribution in [3.63, 3.8) is 0 Å². The van der Waals surface area contributed by atoms with Crippen LogP contribution in [0.1, 0.15) is 28.8 Å². The zero-order valence-electron chi connectivity index (χ0n) is 9.85. The van der Waals surface area contributed by atoms with Gasteiger partial charge < -0.3 is 11.1 Å². The number of rotatable bonds is 3. The van der Waals surface area contributed by atoms with E-state index in [0.29, 0.717) is 25.0 Å². The average molecular weight is 276 g/mol. The van der Waals surface area contributed by atoms with Gasteiger partial charge in [0.1, 0.15) is 5.82 Å². The smallest absolute Gasteiger partial charge is 0.345 e. The van der Waals surface area contributed by atoms with Crippen molar-refractivity contribution < 1.29 is 22.4 Å². The molecular formula is C12H12F4N2O. The molecule has 1 amide bonds. The first-order valence-electron chi connectivity index (χ1n) is 5.67. The molecule has 1 aromatic carbocycles. The number of nitrogens with two attached hydrogens (primary N) is 1. The molecule has 2 rings (SSSR count). The lowest BCUT2D eigenvalue weighted by Crippen LogP contribution is -2.42. The predicted molar refractivity (Wildman–Crippen MR) is 59.9 cm³/mol. The highest BCUT2D eigenvalue weighted by atomic mass is 19.4. The summed E-state index contributed by atoms with van der Waals surface area (Å²) in [6.07, 6.45) is -3.43. The minimum atomic E-state index is -4.83. The Morgan fingerprint density at radius 1 is 1.37 bits per heavy atom. The average Bonchev–Trinajstić information content (AvgIpc) is 3.08. The van der Waals surface area contributed by atoms with Crippen LogP contribution in [0.4, 0.5) is 17.6 Å². The van der Waals surface area contributed by atoms with Crippen molar-refractivity contribution in [1.29, 1.82) is 0 Å². The maximum atomic E-state index is 13.1. The van der Waals surface area contributed by atoms with Crippen molar-refractivity contribution in [3.8, 4) is 0 Å². The Labute approximate surface area is 106 Å². The zero-order chi connectivity index (χ0) is 14.3. The van der Waals surface area contributed by atoms with E-state index in [-0.39, 0.29) is 12.1 Å². The molecule has 1 saturated carbocycles. The summed E-state index contributed by atoms with van der Waals surface area (Å²) in [6, 6.07) is 2.17. The van der Waals surface area contributed by atoms with E-state index < -0.39 is 29.0 Å². The highest BCUT2D eigenvalue weighted by molar-refractivity contribution is 5.95. The van der Waals surface area contributed by atoms with Crippen LogP contribution in [0.25, 0.3) is 0 Å². The maximum absolute atomic E-state index is 13.1. The number of carbonyl (C=O) groups is 1. The lowest BCUT2D eigenvalue weighted by molar-refractivity contribution is -0.140. The first-order chi connectivity index (χ1) is 8.77. The number of hydrogen-bond acceptors (Lipinski definition) is 2. The Bertz CT molecular complexity index is 509. The molecule has 0 heterocycles. The minimum Gasteiger partial charge on any atom is -0.345 e. The summed E-state index contributed by atoms with van der Waals surface area (Å²) in [5.41, 5.74) is 3.28. The van der Waals surface area contributed by atoms with Crippen LogP contribution < -0.4 is 11.1 Å². The molecule has 7 heteroatoms. The molecule has 1 aliphatic carbocycles. The Hall–Kier alpha value is -1.63. The van der Waals surface area contributed by atoms with E-state index in [1.807, 2.05) is 0 Å². The van der Waals surface area contributed by atoms with Crippen molar-refractivity contribution in [2.75, 3.05) is 6.54 Å². The first kappa shape index (κ1) is 13.8. The number of benzene rings is 1. The maximum Gasteiger partial charge on any atom is 0.419 e. The Balaban J connectivity index is 2.24. The standard InChI is InChI=1S/C12H12F4N2O/c13-9-2-1-7(5-8(9)12(14,15)16)10(19)18-11(6-17)3-4-11/h1-2,5H,3-4,6,17H2,(H,18,19). The van der Waals surface area contributed by atoms with Crippen LogP contribution in [0.5, 0.6) is 0 Å². The van der Waals surface area contributed by atoms with E-state index in [1.54, 1.807) is 0 Å². The molecule has 0 bridgehead atoms. The van der Waals surface area contributed by atoms with Crippen LogP contribution in [0.15, 0.2) is 18.2 Å². The van der Waals surface area contributed by atoms with Gasteiger partial charge in [-0.05, 0) is 31.0 Å². The Morgan fingerprint density at radius 3 is 2.47 bits per heavy atom. The molecule has 1 fully saturated rings. The topological polar surface area (TPSA) is 55.1 Å². The SMILES string of the molecule is NCC1(NC(=O)c2ccc(F)c(C(F)(F)F)c2)CC1. The van der Waals surface area contributed by atoms with E-state index in [4.69, 9.17) is 5.73 Å². The lowest BCUT2D eigenvalue weighted by atomic mass is 10.1. The normalized spacial score (nSPS) is 17.1. The monoisotopic (exact) mass is 276 g/mol. The number of hydrogen-bond donors (Lipinski definition) is 2. The largest absolute Gasteiger partial charge is 0.419 e. The van der Waals surface area contributed by atoms with Gasteiger partial charge in [-0.2, -0.15) is 13.2 Å². The summed E-state index contributed by atoms with van der Waals surface area (Å²) in [5, 5.41) is 2.58. The van der Waals surface area contributed by atoms with Crippen LogP contribution >= 0.6 is 0 Å². The van der Waals surface area contributed by atoms with E-state index in [0.717, 1.165) is 6.07 Å². The van der Waals surface area contributed by atoms with E-state index in [1.165, 1.54) is 0 Å². The van der Waals surface area contributed by atoms with E-state index in [2.05, 4.69) is 5.32 Å². The molecule has 3 nitrogen and oxygen atoms in total. The van der Waals surface area contributed by atoms with Crippen molar-refractivity contribution in [2.24, 2.45) is 5.73 Å². The van der Waals surface area contributed by atoms with Gasteiger partial charge in [-0.25, -0.2) is 4.39 Å². The van der Waals surface area contributed by atoms with Crippen LogP contribution in [-0.4, -0.2) is 18.0 Å². The Kier molecular flexibility index (Phi) is 3.25. The third kappa shape index (κ3) is 2.86. The second-order valence-electron chi connectivity index (χ2n) is 4.63. The number of carbonyl (C=O) groups excluding carboxylic acids is 1. The summed E-state index contributed by atoms with van der Waals surface area (Å²) >= 11 is 0. The van der Waals surface area contributed by atoms with E-state index in [9.17, 15) is 22.4 Å². The molecule has 0 atom stereocenters. The lowest BCUT2D eigenvalue weighted by Gasteiger charge is -2.16. The Morgan fingerprint density at radius 2 is 2.00 bits per heavy atom. The van der Waals surface area contributed by atoms with Gasteiger partial charge in [0.2, 0.25) is 0 Å². The number of halogens is 4. The molecular weight excluding hydrogens is 264 g/mol. The summed E-state index contributed by atoms with van der Waals surface area (Å²) in [5.74, 6) is -2.07. The summed E-state index contributed by atoms with van der Waals surface area (Å²) in [6.45, 7) is 0.228. The van der Waals surface area contributed by atoms with Crippen LogP contribution in [-0.2, 0) is 6.18 Å². The van der Waals surface area contributed by atoms with Gasteiger partial charge in [0.15, 0.2) is 0 Å². The van der Waals surface area contributed by atoms with Gasteiger partial charge in [-0.1, -0.05) is 0 Å². The fourth-order valence-electron chi connectivity index (χ4n) is 1.73. The van der Waals surface area contributed by atoms with E-state index >= 15 is 0 Å². The van der Waals surface area contributed by atoms with Crippen molar-refractivity contribution in [1.82, 2.24) is 5.32 Å². The van der Waals surface area contributed by atoms with Gasteiger partial charge in [0.05, 0.1) is 11.1 Å². The molecule has 19 heavy (non-hydrogen) atoms. The molecule has 0 spiro atoms. The molecule has 0 aliphatic heterocycles. The summed E-state index contributed by atoms with van der Waals surface area (Å²) < 4.78 is 50.6. The quantitative estimate of drug-likeness (QED) is 0.830. The summed E-state index contributed by atoms with van der Waals surface area (Å²) in [7, 11) is 0. The molecule has 0 radical (unpaired) electrons. The van der Waals surface area contributed by atoms with Crippen molar-refractivity contribution in [2.45, 2.75) is 24.6 Å². The van der Waals surface area contributed by atoms with Gasteiger partial charge >= 0.3 is 6.18 Å². The van der Waals surface area contributed by atoms with Crippen LogP contribution in [0.3, 0.4) is 0 Å². The predicted octanol–water partition coefficient (Wildman–Crippen LogP) is 2.07. The molecule has 0 aromatic heterocycles. The van der Waals surface area contributed by atoms with Gasteiger partial charge in [0.25, 0.3) is 5.91 Å². The molecule has 0 unspecified atom stereocenters. The second-order valence-corrected chi connectivity index (χ2v) is 4.63. The molecule has 3 N–H and O–H groups in total. The molecule has 1 aliphatic rings. The van der Waals surface area contributed by atoms with Crippen LogP contribution in [0, 0.1) is 5.82 Å². The fourth-order valence-corrected chi connectivity index (χ4v) is 1.73. The van der Waals surface area contributed by atoms with Crippen molar-refractivity contribution >= 4 is 5.91 Å². The highest BCUT2D eigenvalue weighted by Gasteiger charge is 2.43. The first-order valence-corrected chi connectivity index (χ1v) is 5.67. The molecule has 0 saturated heterocycles. The van der Waals surface area contributed by atoms with Gasteiger partial charge in [0, 0.05) is 12.1 Å². The summed E-state index contributed by atoms with van der Waals surface area (Å²) in [4.78, 5) is 11.8. The number of nitrogens with one attached hydrogen (secondary N) is 1. The third-order valence-electron chi connectivity index (χ3n) is 3.16. The highest BCUT2D eigenvalue weighted by Crippen LogP contribution is 2.35. The molecule has 104 valence electrons. The third-order valence-corrected chi connectivity index (χ3v) is 3.16. The zero-order valence-corrected chi connectivity index (χ0v) is 9.85. The van der Waals surface area contributed by atoms with Crippen molar-refractivity contribution in [3.05, 3.63) is 35.1 Å². The van der Waals surface area contributed by atoms with Crippen LogP contribution in [0.2, 0.25) is 0 Å². The van der Waals surface area contributed by atoms with Gasteiger partial charge in [-0.3, -0.25) is 4.79 Å². The molecule has 1 aromatic rings. The minimum absolute atomic E-state index is 0.228.